The Balaban J connectivity index is 2.07. The largest absolute Gasteiger partial charge is 0.326 e. The van der Waals surface area contributed by atoms with Gasteiger partial charge in [0.1, 0.15) is 5.82 Å². The summed E-state index contributed by atoms with van der Waals surface area (Å²) in [6, 6.07) is 7.05. The third kappa shape index (κ3) is 3.80. The molecule has 2 unspecified atom stereocenters. The Morgan fingerprint density at radius 2 is 2.05 bits per heavy atom. The third-order valence-electron chi connectivity index (χ3n) is 4.43. The molecule has 1 saturated heterocycles. The molecule has 2 N–H and O–H groups in total. The molecule has 1 aliphatic heterocycles. The second-order valence-corrected chi connectivity index (χ2v) is 6.13. The van der Waals surface area contributed by atoms with E-state index >= 15 is 0 Å². The Kier molecular flexibility index (Phi) is 5.55. The standard InChI is InChI=1S/C17H27FN2/c1-3-5-14-8-10-20(11-9-14)17(13(2)19)15-6-4-7-16(18)12-15/h4,6-7,12-14,17H,3,5,8-11,19H2,1-2H3. The van der Waals surface area contributed by atoms with E-state index in [1.165, 1.54) is 31.7 Å². The summed E-state index contributed by atoms with van der Waals surface area (Å²) in [5.41, 5.74) is 7.19. The third-order valence-corrected chi connectivity index (χ3v) is 4.43. The average molecular weight is 278 g/mol. The molecule has 0 spiro atoms. The van der Waals surface area contributed by atoms with Gasteiger partial charge in [0, 0.05) is 12.1 Å². The van der Waals surface area contributed by atoms with Crippen LogP contribution in [0.15, 0.2) is 24.3 Å². The van der Waals surface area contributed by atoms with E-state index in [4.69, 9.17) is 5.73 Å². The van der Waals surface area contributed by atoms with Crippen molar-refractivity contribution in [3.63, 3.8) is 0 Å². The molecule has 1 fully saturated rings. The summed E-state index contributed by atoms with van der Waals surface area (Å²) in [4.78, 5) is 2.44. The maximum atomic E-state index is 13.5. The van der Waals surface area contributed by atoms with Crippen molar-refractivity contribution in [2.24, 2.45) is 11.7 Å². The minimum Gasteiger partial charge on any atom is -0.326 e. The van der Waals surface area contributed by atoms with Crippen molar-refractivity contribution in [2.75, 3.05) is 13.1 Å². The number of likely N-dealkylation sites (tertiary alicyclic amines) is 1. The molecule has 112 valence electrons. The molecule has 1 aromatic carbocycles. The molecule has 2 nitrogen and oxygen atoms in total. The lowest BCUT2D eigenvalue weighted by Crippen LogP contribution is -2.43. The fourth-order valence-corrected chi connectivity index (χ4v) is 3.47. The summed E-state index contributed by atoms with van der Waals surface area (Å²) < 4.78 is 13.5. The molecule has 3 heteroatoms. The lowest BCUT2D eigenvalue weighted by molar-refractivity contribution is 0.115. The van der Waals surface area contributed by atoms with E-state index in [0.717, 1.165) is 24.6 Å². The van der Waals surface area contributed by atoms with Crippen molar-refractivity contribution in [1.82, 2.24) is 4.90 Å². The normalized spacial score (nSPS) is 20.8. The number of hydrogen-bond acceptors (Lipinski definition) is 2. The lowest BCUT2D eigenvalue weighted by atomic mass is 9.89. The first-order chi connectivity index (χ1) is 9.61. The summed E-state index contributed by atoms with van der Waals surface area (Å²) in [6.07, 6.45) is 5.08. The van der Waals surface area contributed by atoms with Gasteiger partial charge in [-0.2, -0.15) is 0 Å². The molecule has 0 radical (unpaired) electrons. The van der Waals surface area contributed by atoms with Crippen LogP contribution in [0.5, 0.6) is 0 Å². The molecule has 2 rings (SSSR count). The summed E-state index contributed by atoms with van der Waals surface area (Å²) in [5.74, 6) is 0.687. The number of benzene rings is 1. The molecule has 1 aliphatic rings. The Morgan fingerprint density at radius 3 is 2.60 bits per heavy atom. The van der Waals surface area contributed by atoms with Crippen LogP contribution >= 0.6 is 0 Å². The lowest BCUT2D eigenvalue weighted by Gasteiger charge is -2.39. The Bertz CT molecular complexity index is 411. The van der Waals surface area contributed by atoms with Crippen molar-refractivity contribution in [1.29, 1.82) is 0 Å². The number of halogens is 1. The molecular formula is C17H27FN2. The SMILES string of the molecule is CCCC1CCN(C(c2cccc(F)c2)C(C)N)CC1. The highest BCUT2D eigenvalue weighted by molar-refractivity contribution is 5.22. The Morgan fingerprint density at radius 1 is 1.35 bits per heavy atom. The number of nitrogens with zero attached hydrogens (tertiary/aromatic N) is 1. The van der Waals surface area contributed by atoms with Crippen LogP contribution in [0.1, 0.15) is 51.1 Å². The zero-order chi connectivity index (χ0) is 14.5. The van der Waals surface area contributed by atoms with E-state index in [-0.39, 0.29) is 17.9 Å². The summed E-state index contributed by atoms with van der Waals surface area (Å²) in [5, 5.41) is 0. The van der Waals surface area contributed by atoms with Gasteiger partial charge in [-0.1, -0.05) is 31.9 Å². The van der Waals surface area contributed by atoms with E-state index in [2.05, 4.69) is 11.8 Å². The minimum atomic E-state index is -0.172. The molecular weight excluding hydrogens is 251 g/mol. The second kappa shape index (κ2) is 7.19. The molecule has 0 saturated carbocycles. The van der Waals surface area contributed by atoms with Gasteiger partial charge in [0.15, 0.2) is 0 Å². The van der Waals surface area contributed by atoms with E-state index in [1.807, 2.05) is 13.0 Å². The predicted molar refractivity (Wildman–Crippen MR) is 82.0 cm³/mol. The van der Waals surface area contributed by atoms with Crippen molar-refractivity contribution in [3.05, 3.63) is 35.6 Å². The van der Waals surface area contributed by atoms with Crippen LogP contribution in [0.4, 0.5) is 4.39 Å². The van der Waals surface area contributed by atoms with Crippen LogP contribution in [0.2, 0.25) is 0 Å². The van der Waals surface area contributed by atoms with Crippen LogP contribution in [0.3, 0.4) is 0 Å². The second-order valence-electron chi connectivity index (χ2n) is 6.13. The van der Waals surface area contributed by atoms with Gasteiger partial charge in [-0.25, -0.2) is 4.39 Å². The van der Waals surface area contributed by atoms with Gasteiger partial charge < -0.3 is 5.73 Å². The number of piperidine rings is 1. The van der Waals surface area contributed by atoms with Gasteiger partial charge in [0.05, 0.1) is 0 Å². The van der Waals surface area contributed by atoms with Crippen molar-refractivity contribution >= 4 is 0 Å². The van der Waals surface area contributed by atoms with Gasteiger partial charge in [0.25, 0.3) is 0 Å². The molecule has 1 heterocycles. The highest BCUT2D eigenvalue weighted by Gasteiger charge is 2.28. The van der Waals surface area contributed by atoms with Crippen LogP contribution in [0.25, 0.3) is 0 Å². The molecule has 1 aromatic rings. The first-order valence-electron chi connectivity index (χ1n) is 7.87. The minimum absolute atomic E-state index is 0.0134. The van der Waals surface area contributed by atoms with Crippen LogP contribution < -0.4 is 5.73 Å². The quantitative estimate of drug-likeness (QED) is 0.889. The van der Waals surface area contributed by atoms with E-state index in [0.29, 0.717) is 0 Å². The Labute approximate surface area is 122 Å². The van der Waals surface area contributed by atoms with Crippen LogP contribution in [0, 0.1) is 11.7 Å². The fraction of sp³-hybridized carbons (Fsp3) is 0.647. The smallest absolute Gasteiger partial charge is 0.123 e. The molecule has 0 aliphatic carbocycles. The van der Waals surface area contributed by atoms with Gasteiger partial charge >= 0.3 is 0 Å². The summed E-state index contributed by atoms with van der Waals surface area (Å²) >= 11 is 0. The molecule has 2 atom stereocenters. The summed E-state index contributed by atoms with van der Waals surface area (Å²) in [7, 11) is 0. The Hall–Kier alpha value is -0.930. The molecule has 20 heavy (non-hydrogen) atoms. The van der Waals surface area contributed by atoms with E-state index in [1.54, 1.807) is 12.1 Å². The van der Waals surface area contributed by atoms with Crippen LogP contribution in [-0.4, -0.2) is 24.0 Å². The fourth-order valence-electron chi connectivity index (χ4n) is 3.47. The number of hydrogen-bond donors (Lipinski definition) is 1. The highest BCUT2D eigenvalue weighted by atomic mass is 19.1. The molecule has 0 amide bonds. The first-order valence-corrected chi connectivity index (χ1v) is 7.87. The zero-order valence-corrected chi connectivity index (χ0v) is 12.7. The topological polar surface area (TPSA) is 29.3 Å². The number of nitrogens with two attached hydrogens (primary N) is 1. The van der Waals surface area contributed by atoms with Crippen molar-refractivity contribution < 1.29 is 4.39 Å². The van der Waals surface area contributed by atoms with E-state index < -0.39 is 0 Å². The average Bonchev–Trinajstić information content (AvgIpc) is 2.41. The van der Waals surface area contributed by atoms with Gasteiger partial charge in [-0.3, -0.25) is 4.90 Å². The monoisotopic (exact) mass is 278 g/mol. The van der Waals surface area contributed by atoms with Gasteiger partial charge in [-0.15, -0.1) is 0 Å². The van der Waals surface area contributed by atoms with Gasteiger partial charge in [0.2, 0.25) is 0 Å². The number of rotatable bonds is 5. The van der Waals surface area contributed by atoms with E-state index in [9.17, 15) is 4.39 Å². The van der Waals surface area contributed by atoms with Crippen molar-refractivity contribution in [3.8, 4) is 0 Å². The highest BCUT2D eigenvalue weighted by Crippen LogP contribution is 2.30. The maximum absolute atomic E-state index is 13.5. The molecule has 0 aromatic heterocycles. The predicted octanol–water partition coefficient (Wildman–Crippen LogP) is 3.73. The molecule has 0 bridgehead atoms. The first kappa shape index (κ1) is 15.5. The van der Waals surface area contributed by atoms with Crippen molar-refractivity contribution in [2.45, 2.75) is 51.6 Å². The zero-order valence-electron chi connectivity index (χ0n) is 12.7. The maximum Gasteiger partial charge on any atom is 0.123 e. The van der Waals surface area contributed by atoms with Crippen LogP contribution in [-0.2, 0) is 0 Å². The summed E-state index contributed by atoms with van der Waals surface area (Å²) in [6.45, 7) is 6.43. The van der Waals surface area contributed by atoms with Gasteiger partial charge in [-0.05, 0) is 56.5 Å².